The van der Waals surface area contributed by atoms with Crippen molar-refractivity contribution in [2.45, 2.75) is 39.5 Å². The van der Waals surface area contributed by atoms with Gasteiger partial charge in [0.05, 0.1) is 13.1 Å². The summed E-state index contributed by atoms with van der Waals surface area (Å²) in [7, 11) is 0. The molecule has 2 amide bonds. The molecule has 0 bridgehead atoms. The van der Waals surface area contributed by atoms with Crippen LogP contribution < -0.4 is 10.6 Å². The molecule has 3 N–H and O–H groups in total. The number of rotatable bonds is 7. The molecule has 0 aliphatic rings. The topological polar surface area (TPSA) is 79.2 Å². The number of hydrogen-bond acceptors (Lipinski definition) is 4. The Morgan fingerprint density at radius 1 is 1.48 bits per heavy atom. The summed E-state index contributed by atoms with van der Waals surface area (Å²) in [5.41, 5.74) is -1.07. The number of nitrogens with one attached hydrogen (secondary N) is 2. The highest BCUT2D eigenvalue weighted by atomic mass is 32.1. The van der Waals surface area contributed by atoms with Crippen LogP contribution in [0.2, 0.25) is 0 Å². The minimum Gasteiger partial charge on any atom is -0.383 e. The van der Waals surface area contributed by atoms with Crippen molar-refractivity contribution in [2.24, 2.45) is 5.92 Å². The van der Waals surface area contributed by atoms with Gasteiger partial charge in [0.1, 0.15) is 11.4 Å². The summed E-state index contributed by atoms with van der Waals surface area (Å²) < 4.78 is 2.03. The van der Waals surface area contributed by atoms with E-state index >= 15 is 0 Å². The monoisotopic (exact) mass is 336 g/mol. The maximum absolute atomic E-state index is 11.9. The van der Waals surface area contributed by atoms with Gasteiger partial charge in [0.15, 0.2) is 0 Å². The fourth-order valence-electron chi connectivity index (χ4n) is 2.21. The highest BCUT2D eigenvalue weighted by Crippen LogP contribution is 2.24. The van der Waals surface area contributed by atoms with E-state index in [0.29, 0.717) is 12.5 Å². The Balaban J connectivity index is 1.81. The Kier molecular flexibility index (Phi) is 5.79. The van der Waals surface area contributed by atoms with Gasteiger partial charge < -0.3 is 20.3 Å². The lowest BCUT2D eigenvalue weighted by Gasteiger charge is -2.22. The first-order valence-corrected chi connectivity index (χ1v) is 8.54. The average Bonchev–Trinajstić information content (AvgIpc) is 3.14. The van der Waals surface area contributed by atoms with Crippen LogP contribution in [0.25, 0.3) is 0 Å². The fraction of sp³-hybridized carbons (Fsp3) is 0.500. The number of thiophene rings is 1. The van der Waals surface area contributed by atoms with E-state index in [1.165, 1.54) is 11.3 Å². The van der Waals surface area contributed by atoms with Gasteiger partial charge in [-0.2, -0.15) is 0 Å². The molecule has 0 spiro atoms. The van der Waals surface area contributed by atoms with Crippen molar-refractivity contribution in [1.29, 1.82) is 0 Å². The molecule has 2 rings (SSSR count). The van der Waals surface area contributed by atoms with Crippen LogP contribution in [0.1, 0.15) is 31.5 Å². The van der Waals surface area contributed by atoms with Crippen LogP contribution in [-0.2, 0) is 18.7 Å². The lowest BCUT2D eigenvalue weighted by Crippen LogP contribution is -2.43. The Morgan fingerprint density at radius 3 is 2.91 bits per heavy atom. The molecule has 0 radical (unpaired) electrons. The molecule has 1 atom stereocenters. The van der Waals surface area contributed by atoms with Gasteiger partial charge in [-0.1, -0.05) is 19.9 Å². The lowest BCUT2D eigenvalue weighted by molar-refractivity contribution is 0.0631. The summed E-state index contributed by atoms with van der Waals surface area (Å²) in [5.74, 6) is 1.33. The minimum absolute atomic E-state index is 0.153. The molecule has 1 unspecified atom stereocenters. The number of hydrogen-bond donors (Lipinski definition) is 3. The normalized spacial score (nSPS) is 13.8. The number of aliphatic hydroxyl groups is 1. The summed E-state index contributed by atoms with van der Waals surface area (Å²) in [6, 6.07) is 3.41. The first-order chi connectivity index (χ1) is 10.9. The number of urea groups is 1. The molecule has 0 saturated heterocycles. The second-order valence-corrected chi connectivity index (χ2v) is 7.12. The van der Waals surface area contributed by atoms with Gasteiger partial charge in [0.2, 0.25) is 0 Å². The van der Waals surface area contributed by atoms with Gasteiger partial charge in [-0.15, -0.1) is 11.3 Å². The molecule has 0 aliphatic carbocycles. The first-order valence-electron chi connectivity index (χ1n) is 7.66. The number of aromatic nitrogens is 2. The van der Waals surface area contributed by atoms with E-state index in [1.54, 1.807) is 13.1 Å². The van der Waals surface area contributed by atoms with Gasteiger partial charge in [-0.05, 0) is 24.3 Å². The standard InChI is InChI=1S/C16H24N4O2S/c1-12(2)10-20-7-6-17-14(20)9-18-15(21)19-11-16(3,22)13-5-4-8-23-13/h4-8,12,22H,9-11H2,1-3H3,(H2,18,19,21). The van der Waals surface area contributed by atoms with Crippen LogP contribution in [0.15, 0.2) is 29.9 Å². The third-order valence-electron chi connectivity index (χ3n) is 3.42. The number of carbonyl (C=O) groups excluding carboxylic acids is 1. The summed E-state index contributed by atoms with van der Waals surface area (Å²) in [5, 5.41) is 17.8. The third-order valence-corrected chi connectivity index (χ3v) is 4.54. The highest BCUT2D eigenvalue weighted by Gasteiger charge is 2.24. The van der Waals surface area contributed by atoms with Gasteiger partial charge in [-0.3, -0.25) is 0 Å². The fourth-order valence-corrected chi connectivity index (χ4v) is 3.00. The Hall–Kier alpha value is -1.86. The maximum Gasteiger partial charge on any atom is 0.315 e. The Morgan fingerprint density at radius 2 is 2.26 bits per heavy atom. The maximum atomic E-state index is 11.9. The van der Waals surface area contributed by atoms with Crippen LogP contribution >= 0.6 is 11.3 Å². The van der Waals surface area contributed by atoms with Crippen molar-refractivity contribution in [3.8, 4) is 0 Å². The average molecular weight is 336 g/mol. The number of carbonyl (C=O) groups is 1. The molecule has 6 nitrogen and oxygen atoms in total. The summed E-state index contributed by atoms with van der Waals surface area (Å²) >= 11 is 1.47. The van der Waals surface area contributed by atoms with Crippen LogP contribution in [-0.4, -0.2) is 27.2 Å². The summed E-state index contributed by atoms with van der Waals surface area (Å²) in [6.07, 6.45) is 3.65. The number of imidazole rings is 1. The van der Waals surface area contributed by atoms with Gasteiger partial charge in [0, 0.05) is 23.8 Å². The minimum atomic E-state index is -1.07. The van der Waals surface area contributed by atoms with Crippen molar-refractivity contribution in [2.75, 3.05) is 6.54 Å². The van der Waals surface area contributed by atoms with Crippen LogP contribution in [0.5, 0.6) is 0 Å². The molecule has 7 heteroatoms. The van der Waals surface area contributed by atoms with E-state index in [0.717, 1.165) is 17.2 Å². The molecule has 2 heterocycles. The molecular formula is C16H24N4O2S. The van der Waals surface area contributed by atoms with Crippen molar-refractivity contribution >= 4 is 17.4 Å². The Bertz CT molecular complexity index is 620. The largest absolute Gasteiger partial charge is 0.383 e. The van der Waals surface area contributed by atoms with Gasteiger partial charge >= 0.3 is 6.03 Å². The quantitative estimate of drug-likeness (QED) is 0.726. The molecule has 0 aliphatic heterocycles. The smallest absolute Gasteiger partial charge is 0.315 e. The summed E-state index contributed by atoms with van der Waals surface area (Å²) in [6.45, 7) is 7.33. The van der Waals surface area contributed by atoms with Gasteiger partial charge in [0.25, 0.3) is 0 Å². The predicted octanol–water partition coefficient (Wildman–Crippen LogP) is 2.31. The van der Waals surface area contributed by atoms with Crippen molar-refractivity contribution in [3.05, 3.63) is 40.6 Å². The third kappa shape index (κ3) is 5.07. The van der Waals surface area contributed by atoms with E-state index in [9.17, 15) is 9.90 Å². The highest BCUT2D eigenvalue weighted by molar-refractivity contribution is 7.10. The zero-order valence-electron chi connectivity index (χ0n) is 13.7. The molecule has 2 aromatic rings. The molecule has 126 valence electrons. The van der Waals surface area contributed by atoms with Crippen molar-refractivity contribution in [1.82, 2.24) is 20.2 Å². The van der Waals surface area contributed by atoms with Crippen molar-refractivity contribution in [3.63, 3.8) is 0 Å². The van der Waals surface area contributed by atoms with E-state index in [2.05, 4.69) is 29.5 Å². The second-order valence-electron chi connectivity index (χ2n) is 6.18. The Labute approximate surface area is 140 Å². The van der Waals surface area contributed by atoms with E-state index in [-0.39, 0.29) is 12.6 Å². The summed E-state index contributed by atoms with van der Waals surface area (Å²) in [4.78, 5) is 17.0. The lowest BCUT2D eigenvalue weighted by atomic mass is 10.1. The molecule has 0 fully saturated rings. The number of amides is 2. The first kappa shape index (κ1) is 17.5. The molecule has 2 aromatic heterocycles. The molecule has 23 heavy (non-hydrogen) atoms. The molecule has 0 aromatic carbocycles. The predicted molar refractivity (Wildman–Crippen MR) is 91.2 cm³/mol. The zero-order valence-corrected chi connectivity index (χ0v) is 14.6. The zero-order chi connectivity index (χ0) is 16.9. The van der Waals surface area contributed by atoms with Crippen LogP contribution in [0, 0.1) is 5.92 Å². The van der Waals surface area contributed by atoms with Crippen LogP contribution in [0.3, 0.4) is 0 Å². The van der Waals surface area contributed by atoms with E-state index in [4.69, 9.17) is 0 Å². The van der Waals surface area contributed by atoms with E-state index in [1.807, 2.05) is 28.3 Å². The molecule has 0 saturated carbocycles. The van der Waals surface area contributed by atoms with Gasteiger partial charge in [-0.25, -0.2) is 9.78 Å². The SMILES string of the molecule is CC(C)Cn1ccnc1CNC(=O)NCC(C)(O)c1cccs1. The second kappa shape index (κ2) is 7.61. The van der Waals surface area contributed by atoms with Crippen LogP contribution in [0.4, 0.5) is 4.79 Å². The molecular weight excluding hydrogens is 312 g/mol. The van der Waals surface area contributed by atoms with Crippen molar-refractivity contribution < 1.29 is 9.90 Å². The van der Waals surface area contributed by atoms with E-state index < -0.39 is 5.60 Å². The number of nitrogens with zero attached hydrogens (tertiary/aromatic N) is 2.